The molecule has 9 N–H and O–H groups in total. The molecule has 1 aromatic carbocycles. The number of aliphatic carboxylic acids is 1. The van der Waals surface area contributed by atoms with Crippen LogP contribution in [-0.4, -0.2) is 80.6 Å². The highest BCUT2D eigenvalue weighted by Gasteiger charge is 2.44. The van der Waals surface area contributed by atoms with Crippen molar-refractivity contribution in [2.75, 3.05) is 12.3 Å². The van der Waals surface area contributed by atoms with Gasteiger partial charge in [0.05, 0.1) is 12.3 Å². The molecule has 0 radical (unpaired) electrons. The minimum absolute atomic E-state index is 0.0335. The molecular weight excluding hydrogens is 364 g/mol. The summed E-state index contributed by atoms with van der Waals surface area (Å²) in [6.07, 6.45) is -7.97. The number of rotatable bonds is 7. The number of carboxylic acid groups (broad SMARTS) is 1. The summed E-state index contributed by atoms with van der Waals surface area (Å²) in [5, 5.41) is 47.5. The highest BCUT2D eigenvalue weighted by atomic mass is 16.7. The molecule has 1 aliphatic heterocycles. The Labute approximate surface area is 153 Å². The number of para-hydroxylation sites is 1. The van der Waals surface area contributed by atoms with Crippen molar-refractivity contribution in [2.24, 2.45) is 5.73 Å². The molecule has 1 heterocycles. The van der Waals surface area contributed by atoms with E-state index in [0.717, 1.165) is 0 Å². The Morgan fingerprint density at radius 3 is 2.44 bits per heavy atom. The minimum atomic E-state index is -1.65. The Bertz CT molecular complexity index is 696. The zero-order valence-corrected chi connectivity index (χ0v) is 14.1. The average Bonchev–Trinajstić information content (AvgIpc) is 2.63. The number of carbonyl (C=O) groups excluding carboxylic acids is 1. The summed E-state index contributed by atoms with van der Waals surface area (Å²) in [6.45, 7) is -0.633. The van der Waals surface area contributed by atoms with Crippen molar-refractivity contribution in [1.82, 2.24) is 0 Å². The van der Waals surface area contributed by atoms with E-state index < -0.39 is 61.5 Å². The molecule has 1 aliphatic rings. The van der Waals surface area contributed by atoms with Crippen LogP contribution in [0, 0.1) is 0 Å². The van der Waals surface area contributed by atoms with Gasteiger partial charge in [0, 0.05) is 12.0 Å². The van der Waals surface area contributed by atoms with Crippen LogP contribution in [0.2, 0.25) is 0 Å². The van der Waals surface area contributed by atoms with Gasteiger partial charge in [-0.25, -0.2) is 0 Å². The number of ether oxygens (including phenoxy) is 2. The molecule has 0 saturated carbocycles. The number of hydrogen-bond donors (Lipinski definition) is 7. The first-order valence-corrected chi connectivity index (χ1v) is 8.04. The molecule has 6 atom stereocenters. The van der Waals surface area contributed by atoms with Crippen molar-refractivity contribution in [3.8, 4) is 5.75 Å². The van der Waals surface area contributed by atoms with Crippen molar-refractivity contribution >= 4 is 17.4 Å². The molecule has 150 valence electrons. The fraction of sp³-hybridized carbons (Fsp3) is 0.500. The Balaban J connectivity index is 2.20. The number of anilines is 1. The number of hydrogen-bond acceptors (Lipinski definition) is 10. The average molecular weight is 386 g/mol. The van der Waals surface area contributed by atoms with Gasteiger partial charge in [-0.15, -0.1) is 0 Å². The van der Waals surface area contributed by atoms with E-state index in [1.54, 1.807) is 0 Å². The summed E-state index contributed by atoms with van der Waals surface area (Å²) in [7, 11) is 0. The second-order valence-electron chi connectivity index (χ2n) is 6.10. The normalized spacial score (nSPS) is 29.1. The van der Waals surface area contributed by atoms with Crippen LogP contribution in [0.5, 0.6) is 5.75 Å². The SMILES string of the molecule is Nc1c(O[C@@H]2O[C@H](CO)[C@@H](O)[C@H](O)[C@H]2O)cccc1C(=O)C[C@@H](N)C(=O)O. The van der Waals surface area contributed by atoms with Crippen LogP contribution in [0.3, 0.4) is 0 Å². The second-order valence-corrected chi connectivity index (χ2v) is 6.10. The van der Waals surface area contributed by atoms with Gasteiger partial charge in [0.15, 0.2) is 5.78 Å². The third kappa shape index (κ3) is 4.53. The van der Waals surface area contributed by atoms with Crippen LogP contribution in [0.1, 0.15) is 16.8 Å². The fourth-order valence-corrected chi connectivity index (χ4v) is 2.58. The number of nitrogen functional groups attached to an aromatic ring is 1. The maximum atomic E-state index is 12.2. The molecule has 1 aromatic rings. The third-order valence-electron chi connectivity index (χ3n) is 4.18. The first-order valence-electron chi connectivity index (χ1n) is 8.04. The maximum absolute atomic E-state index is 12.2. The number of benzene rings is 1. The number of carboxylic acids is 1. The second kappa shape index (κ2) is 8.61. The van der Waals surface area contributed by atoms with E-state index in [1.165, 1.54) is 18.2 Å². The monoisotopic (exact) mass is 386 g/mol. The minimum Gasteiger partial charge on any atom is -0.480 e. The first-order chi connectivity index (χ1) is 12.7. The molecule has 11 nitrogen and oxygen atoms in total. The molecule has 1 fully saturated rings. The molecule has 0 spiro atoms. The fourth-order valence-electron chi connectivity index (χ4n) is 2.58. The number of aliphatic hydroxyl groups is 4. The van der Waals surface area contributed by atoms with Crippen LogP contribution in [0.15, 0.2) is 18.2 Å². The summed E-state index contributed by atoms with van der Waals surface area (Å²) >= 11 is 0. The lowest BCUT2D eigenvalue weighted by molar-refractivity contribution is -0.277. The van der Waals surface area contributed by atoms with E-state index in [-0.39, 0.29) is 17.0 Å². The molecule has 11 heteroatoms. The molecule has 1 saturated heterocycles. The van der Waals surface area contributed by atoms with Crippen LogP contribution in [0.4, 0.5) is 5.69 Å². The van der Waals surface area contributed by atoms with Crippen LogP contribution < -0.4 is 16.2 Å². The van der Waals surface area contributed by atoms with Crippen molar-refractivity contribution in [1.29, 1.82) is 0 Å². The summed E-state index contributed by atoms with van der Waals surface area (Å²) < 4.78 is 10.6. The van der Waals surface area contributed by atoms with Gasteiger partial charge in [-0.3, -0.25) is 9.59 Å². The Morgan fingerprint density at radius 1 is 1.19 bits per heavy atom. The molecular formula is C16H22N2O9. The first kappa shape index (κ1) is 21.0. The van der Waals surface area contributed by atoms with Gasteiger partial charge in [-0.1, -0.05) is 6.07 Å². The van der Waals surface area contributed by atoms with Crippen molar-refractivity contribution < 1.29 is 44.6 Å². The summed E-state index contributed by atoms with van der Waals surface area (Å²) in [5.41, 5.74) is 11.1. The lowest BCUT2D eigenvalue weighted by Gasteiger charge is -2.39. The number of nitrogens with two attached hydrogens (primary N) is 2. The van der Waals surface area contributed by atoms with Crippen LogP contribution in [0.25, 0.3) is 0 Å². The molecule has 27 heavy (non-hydrogen) atoms. The van der Waals surface area contributed by atoms with Gasteiger partial charge >= 0.3 is 5.97 Å². The van der Waals surface area contributed by atoms with Gasteiger partial charge < -0.3 is 46.5 Å². The quantitative estimate of drug-likeness (QED) is 0.191. The summed E-state index contributed by atoms with van der Waals surface area (Å²) in [4.78, 5) is 23.0. The molecule has 0 bridgehead atoms. The van der Waals surface area contributed by atoms with E-state index in [4.69, 9.17) is 26.0 Å². The van der Waals surface area contributed by atoms with Gasteiger partial charge in [0.1, 0.15) is 36.2 Å². The van der Waals surface area contributed by atoms with Crippen LogP contribution >= 0.6 is 0 Å². The lowest BCUT2D eigenvalue weighted by atomic mass is 9.99. The molecule has 0 unspecified atom stereocenters. The van der Waals surface area contributed by atoms with Gasteiger partial charge in [-0.2, -0.15) is 0 Å². The molecule has 2 rings (SSSR count). The summed E-state index contributed by atoms with van der Waals surface area (Å²) in [6, 6.07) is 2.73. The van der Waals surface area contributed by atoms with Gasteiger partial charge in [-0.05, 0) is 12.1 Å². The van der Waals surface area contributed by atoms with E-state index in [0.29, 0.717) is 0 Å². The lowest BCUT2D eigenvalue weighted by Crippen LogP contribution is -2.60. The maximum Gasteiger partial charge on any atom is 0.320 e. The van der Waals surface area contributed by atoms with Crippen molar-refractivity contribution in [3.63, 3.8) is 0 Å². The number of ketones is 1. The summed E-state index contributed by atoms with van der Waals surface area (Å²) in [5.74, 6) is -2.04. The highest BCUT2D eigenvalue weighted by molar-refractivity contribution is 6.03. The molecule has 0 amide bonds. The topological polar surface area (TPSA) is 206 Å². The number of aliphatic hydroxyl groups excluding tert-OH is 4. The zero-order valence-electron chi connectivity index (χ0n) is 14.1. The molecule has 0 aliphatic carbocycles. The van der Waals surface area contributed by atoms with E-state index in [2.05, 4.69) is 0 Å². The number of carbonyl (C=O) groups is 2. The van der Waals surface area contributed by atoms with Crippen LogP contribution in [-0.2, 0) is 9.53 Å². The third-order valence-corrected chi connectivity index (χ3v) is 4.18. The Morgan fingerprint density at radius 2 is 1.85 bits per heavy atom. The van der Waals surface area contributed by atoms with Gasteiger partial charge in [0.2, 0.25) is 6.29 Å². The van der Waals surface area contributed by atoms with Gasteiger partial charge in [0.25, 0.3) is 0 Å². The standard InChI is InChI=1S/C16H22N2O9/c17-7(15(24)25)4-8(20)6-2-1-3-9(11(6)18)26-16-14(23)13(22)12(21)10(5-19)27-16/h1-3,7,10,12-14,16,19,21-23H,4-5,17-18H2,(H,24,25)/t7-,10-,12-,13+,14-,16-/m1/s1. The van der Waals surface area contributed by atoms with E-state index in [1.807, 2.05) is 0 Å². The van der Waals surface area contributed by atoms with Crippen molar-refractivity contribution in [2.45, 2.75) is 43.2 Å². The predicted octanol–water partition coefficient (Wildman–Crippen LogP) is -2.57. The Kier molecular flexibility index (Phi) is 6.70. The number of Topliss-reactive ketones (excluding diaryl/α,β-unsaturated/α-hetero) is 1. The molecule has 0 aromatic heterocycles. The Hall–Kier alpha value is -2.28. The predicted molar refractivity (Wildman–Crippen MR) is 89.8 cm³/mol. The van der Waals surface area contributed by atoms with Crippen molar-refractivity contribution in [3.05, 3.63) is 23.8 Å². The van der Waals surface area contributed by atoms with E-state index >= 15 is 0 Å². The zero-order chi connectivity index (χ0) is 20.3. The highest BCUT2D eigenvalue weighted by Crippen LogP contribution is 2.30. The largest absolute Gasteiger partial charge is 0.480 e. The van der Waals surface area contributed by atoms with E-state index in [9.17, 15) is 30.0 Å². The smallest absolute Gasteiger partial charge is 0.320 e.